The van der Waals surface area contributed by atoms with E-state index < -0.39 is 5.97 Å². The molecular formula is C12H17NO3. The van der Waals surface area contributed by atoms with Crippen LogP contribution in [0.25, 0.3) is 0 Å². The molecule has 88 valence electrons. The fourth-order valence-corrected chi connectivity index (χ4v) is 1.89. The summed E-state index contributed by atoms with van der Waals surface area (Å²) < 4.78 is 0. The maximum atomic E-state index is 11.3. The monoisotopic (exact) mass is 223 g/mol. The van der Waals surface area contributed by atoms with Crippen LogP contribution in [0.3, 0.4) is 0 Å². The number of allylic oxidation sites excluding steroid dienone is 2. The van der Waals surface area contributed by atoms with Crippen molar-refractivity contribution in [3.63, 3.8) is 0 Å². The Labute approximate surface area is 95.0 Å². The highest BCUT2D eigenvalue weighted by atomic mass is 16.4. The summed E-state index contributed by atoms with van der Waals surface area (Å²) in [5.41, 5.74) is 0. The van der Waals surface area contributed by atoms with Gasteiger partial charge in [-0.15, -0.1) is 0 Å². The van der Waals surface area contributed by atoms with Crippen LogP contribution < -0.4 is 5.32 Å². The van der Waals surface area contributed by atoms with E-state index in [1.807, 2.05) is 0 Å². The summed E-state index contributed by atoms with van der Waals surface area (Å²) >= 11 is 0. The fraction of sp³-hybridized carbons (Fsp3) is 0.500. The minimum Gasteiger partial charge on any atom is -0.481 e. The van der Waals surface area contributed by atoms with Crippen molar-refractivity contribution in [3.05, 3.63) is 24.8 Å². The molecule has 2 N–H and O–H groups in total. The highest BCUT2D eigenvalue weighted by Gasteiger charge is 2.26. The molecule has 1 rings (SSSR count). The molecule has 1 aliphatic carbocycles. The van der Waals surface area contributed by atoms with Crippen molar-refractivity contribution in [3.8, 4) is 0 Å². The molecule has 0 spiro atoms. The van der Waals surface area contributed by atoms with E-state index in [0.29, 0.717) is 12.8 Å². The van der Waals surface area contributed by atoms with Gasteiger partial charge in [-0.05, 0) is 25.7 Å². The average Bonchev–Trinajstić information content (AvgIpc) is 2.27. The number of amides is 1. The first kappa shape index (κ1) is 12.5. The first-order valence-corrected chi connectivity index (χ1v) is 5.46. The molecule has 0 aromatic rings. The Hall–Kier alpha value is -1.58. The maximum absolute atomic E-state index is 11.3. The van der Waals surface area contributed by atoms with E-state index in [2.05, 4.69) is 11.9 Å². The van der Waals surface area contributed by atoms with Gasteiger partial charge in [-0.3, -0.25) is 9.59 Å². The second-order valence-electron chi connectivity index (χ2n) is 3.99. The third-order valence-electron chi connectivity index (χ3n) is 2.81. The molecule has 0 radical (unpaired) electrons. The average molecular weight is 223 g/mol. The molecule has 4 heteroatoms. The van der Waals surface area contributed by atoms with Crippen molar-refractivity contribution in [1.29, 1.82) is 0 Å². The van der Waals surface area contributed by atoms with E-state index in [0.717, 1.165) is 12.8 Å². The molecule has 0 bridgehead atoms. The standard InChI is InChI=1S/C12H17NO3/c1-2-3-4-11(14)13-10-7-5-9(6-8-10)12(15)16/h2-4,9-10H,1,5-8H2,(H,13,14)(H,15,16)/b4-3+/t9-,10-. The molecule has 16 heavy (non-hydrogen) atoms. The lowest BCUT2D eigenvalue weighted by Crippen LogP contribution is -2.37. The summed E-state index contributed by atoms with van der Waals surface area (Å²) in [6.45, 7) is 3.48. The van der Waals surface area contributed by atoms with Gasteiger partial charge >= 0.3 is 5.97 Å². The van der Waals surface area contributed by atoms with Gasteiger partial charge in [-0.2, -0.15) is 0 Å². The fourth-order valence-electron chi connectivity index (χ4n) is 1.89. The number of nitrogens with one attached hydrogen (secondary N) is 1. The number of carbonyl (C=O) groups is 2. The first-order valence-electron chi connectivity index (χ1n) is 5.46. The van der Waals surface area contributed by atoms with Crippen molar-refractivity contribution < 1.29 is 14.7 Å². The molecule has 0 aromatic heterocycles. The largest absolute Gasteiger partial charge is 0.481 e. The summed E-state index contributed by atoms with van der Waals surface area (Å²) in [5, 5.41) is 11.7. The summed E-state index contributed by atoms with van der Waals surface area (Å²) in [5.74, 6) is -1.10. The van der Waals surface area contributed by atoms with Gasteiger partial charge in [0.2, 0.25) is 5.91 Å². The van der Waals surface area contributed by atoms with Crippen LogP contribution in [0.1, 0.15) is 25.7 Å². The number of aliphatic carboxylic acids is 1. The number of carbonyl (C=O) groups excluding carboxylic acids is 1. The number of rotatable bonds is 4. The van der Waals surface area contributed by atoms with Crippen LogP contribution in [0.4, 0.5) is 0 Å². The molecule has 4 nitrogen and oxygen atoms in total. The van der Waals surface area contributed by atoms with Crippen LogP contribution in [0.5, 0.6) is 0 Å². The molecule has 1 aliphatic rings. The van der Waals surface area contributed by atoms with E-state index in [1.165, 1.54) is 6.08 Å². The van der Waals surface area contributed by atoms with Crippen LogP contribution in [0.2, 0.25) is 0 Å². The first-order chi connectivity index (χ1) is 7.63. The molecule has 1 fully saturated rings. The predicted molar refractivity (Wildman–Crippen MR) is 60.9 cm³/mol. The lowest BCUT2D eigenvalue weighted by Gasteiger charge is -2.26. The maximum Gasteiger partial charge on any atom is 0.306 e. The Morgan fingerprint density at radius 1 is 1.25 bits per heavy atom. The zero-order valence-corrected chi connectivity index (χ0v) is 9.19. The zero-order valence-electron chi connectivity index (χ0n) is 9.19. The van der Waals surface area contributed by atoms with Crippen molar-refractivity contribution in [2.75, 3.05) is 0 Å². The summed E-state index contributed by atoms with van der Waals surface area (Å²) in [6, 6.07) is 0.109. The van der Waals surface area contributed by atoms with E-state index in [-0.39, 0.29) is 17.9 Å². The third-order valence-corrected chi connectivity index (χ3v) is 2.81. The second-order valence-corrected chi connectivity index (χ2v) is 3.99. The topological polar surface area (TPSA) is 66.4 Å². The van der Waals surface area contributed by atoms with Gasteiger partial charge in [0, 0.05) is 12.1 Å². The van der Waals surface area contributed by atoms with Crippen LogP contribution in [0, 0.1) is 5.92 Å². The van der Waals surface area contributed by atoms with Crippen molar-refractivity contribution in [2.45, 2.75) is 31.7 Å². The Kier molecular flexibility index (Phi) is 4.76. The number of hydrogen-bond acceptors (Lipinski definition) is 2. The lowest BCUT2D eigenvalue weighted by molar-refractivity contribution is -0.142. The zero-order chi connectivity index (χ0) is 12.0. The van der Waals surface area contributed by atoms with Gasteiger partial charge < -0.3 is 10.4 Å². The Bertz CT molecular complexity index is 301. The molecule has 0 heterocycles. The van der Waals surface area contributed by atoms with Crippen molar-refractivity contribution in [1.82, 2.24) is 5.32 Å². The SMILES string of the molecule is C=C/C=C/C(=O)N[C@H]1CC[C@H](C(=O)O)CC1. The molecule has 0 aromatic carbocycles. The third kappa shape index (κ3) is 3.88. The molecule has 1 saturated carbocycles. The number of carboxylic acids is 1. The van der Waals surface area contributed by atoms with Crippen molar-refractivity contribution >= 4 is 11.9 Å². The summed E-state index contributed by atoms with van der Waals surface area (Å²) in [4.78, 5) is 22.0. The van der Waals surface area contributed by atoms with Gasteiger partial charge in [0.25, 0.3) is 0 Å². The molecule has 1 amide bonds. The van der Waals surface area contributed by atoms with Crippen LogP contribution in [-0.2, 0) is 9.59 Å². The van der Waals surface area contributed by atoms with Gasteiger partial charge in [0.05, 0.1) is 5.92 Å². The highest BCUT2D eigenvalue weighted by Crippen LogP contribution is 2.24. The minimum absolute atomic E-state index is 0.109. The smallest absolute Gasteiger partial charge is 0.306 e. The van der Waals surface area contributed by atoms with E-state index in [9.17, 15) is 9.59 Å². The Balaban J connectivity index is 2.32. The second kappa shape index (κ2) is 6.10. The quantitative estimate of drug-likeness (QED) is 0.560. The summed E-state index contributed by atoms with van der Waals surface area (Å²) in [7, 11) is 0. The molecule has 0 aliphatic heterocycles. The van der Waals surface area contributed by atoms with E-state index in [1.54, 1.807) is 12.2 Å². The van der Waals surface area contributed by atoms with Gasteiger partial charge in [0.15, 0.2) is 0 Å². The number of hydrogen-bond donors (Lipinski definition) is 2. The van der Waals surface area contributed by atoms with Gasteiger partial charge in [0.1, 0.15) is 0 Å². The molecular weight excluding hydrogens is 206 g/mol. The lowest BCUT2D eigenvalue weighted by atomic mass is 9.86. The van der Waals surface area contributed by atoms with Crippen LogP contribution >= 0.6 is 0 Å². The predicted octanol–water partition coefficient (Wildman–Crippen LogP) is 1.49. The highest BCUT2D eigenvalue weighted by molar-refractivity contribution is 5.88. The van der Waals surface area contributed by atoms with E-state index in [4.69, 9.17) is 5.11 Å². The van der Waals surface area contributed by atoms with E-state index >= 15 is 0 Å². The Morgan fingerprint density at radius 2 is 1.88 bits per heavy atom. The normalized spacial score (nSPS) is 25.2. The molecule has 0 saturated heterocycles. The minimum atomic E-state index is -0.726. The molecule has 0 unspecified atom stereocenters. The molecule has 0 atom stereocenters. The Morgan fingerprint density at radius 3 is 2.38 bits per heavy atom. The van der Waals surface area contributed by atoms with Crippen molar-refractivity contribution in [2.24, 2.45) is 5.92 Å². The van der Waals surface area contributed by atoms with Gasteiger partial charge in [-0.1, -0.05) is 18.7 Å². The summed E-state index contributed by atoms with van der Waals surface area (Å²) in [6.07, 6.45) is 7.32. The number of carboxylic acid groups (broad SMARTS) is 1. The van der Waals surface area contributed by atoms with Gasteiger partial charge in [-0.25, -0.2) is 0 Å². The van der Waals surface area contributed by atoms with Crippen LogP contribution in [-0.4, -0.2) is 23.0 Å². The van der Waals surface area contributed by atoms with Crippen LogP contribution in [0.15, 0.2) is 24.8 Å².